The van der Waals surface area contributed by atoms with Gasteiger partial charge >= 0.3 is 0 Å². The van der Waals surface area contributed by atoms with Gasteiger partial charge in [0.2, 0.25) is 0 Å². The normalized spacial score (nSPS) is 58.7. The Kier molecular flexibility index (Phi) is 9.61. The molecule has 0 radical (unpaired) electrons. The predicted octanol–water partition coefficient (Wildman–Crippen LogP) is 6.92. The molecule has 11 fully saturated rings. The van der Waals surface area contributed by atoms with E-state index in [-0.39, 0.29) is 12.2 Å². The summed E-state index contributed by atoms with van der Waals surface area (Å²) in [7, 11) is 0. The second-order valence-electron chi connectivity index (χ2n) is 21.6. The largest absolute Gasteiger partial charge is 0.392 e. The lowest BCUT2D eigenvalue weighted by Gasteiger charge is -2.45. The van der Waals surface area contributed by atoms with Crippen LogP contribution in [-0.2, 0) is 0 Å². The molecule has 6 saturated carbocycles. The molecule has 20 unspecified atom stereocenters. The van der Waals surface area contributed by atoms with Crippen LogP contribution < -0.4 is 21.3 Å². The minimum atomic E-state index is -0.161. The predicted molar refractivity (Wildman–Crippen MR) is 208 cm³/mol. The van der Waals surface area contributed by atoms with Gasteiger partial charge in [-0.25, -0.2) is 0 Å². The van der Waals surface area contributed by atoms with Crippen molar-refractivity contribution in [1.82, 2.24) is 21.3 Å². The minimum Gasteiger partial charge on any atom is -0.392 e. The molecule has 0 spiro atoms. The topological polar surface area (TPSA) is 88.6 Å². The van der Waals surface area contributed by atoms with E-state index in [0.717, 1.165) is 47.3 Å². The molecule has 5 aliphatic heterocycles. The van der Waals surface area contributed by atoms with E-state index in [4.69, 9.17) is 0 Å². The van der Waals surface area contributed by atoms with Gasteiger partial charge in [0.05, 0.1) is 12.2 Å². The van der Waals surface area contributed by atoms with Gasteiger partial charge in [0.25, 0.3) is 0 Å². The highest BCUT2D eigenvalue weighted by atomic mass is 16.3. The summed E-state index contributed by atoms with van der Waals surface area (Å²) in [6, 6.07) is 4.38. The Hall–Kier alpha value is -0.240. The van der Waals surface area contributed by atoms with Crippen molar-refractivity contribution in [3.05, 3.63) is 0 Å². The summed E-state index contributed by atoms with van der Waals surface area (Å²) >= 11 is 0. The molecule has 6 nitrogen and oxygen atoms in total. The van der Waals surface area contributed by atoms with Gasteiger partial charge in [-0.05, 0) is 137 Å². The molecule has 292 valence electrons. The molecule has 0 aromatic heterocycles. The van der Waals surface area contributed by atoms with Crippen molar-refractivity contribution < 1.29 is 10.2 Å². The number of nitrogens with one attached hydrogen (secondary N) is 4. The maximum absolute atomic E-state index is 12.7. The van der Waals surface area contributed by atoms with Crippen LogP contribution in [0.3, 0.4) is 0 Å². The van der Waals surface area contributed by atoms with Crippen molar-refractivity contribution >= 4 is 0 Å². The van der Waals surface area contributed by atoms with Gasteiger partial charge in [-0.1, -0.05) is 64.2 Å². The zero-order valence-electron chi connectivity index (χ0n) is 32.6. The molecule has 0 aromatic carbocycles. The van der Waals surface area contributed by atoms with Gasteiger partial charge in [0, 0.05) is 72.0 Å². The summed E-state index contributed by atoms with van der Waals surface area (Å²) in [6.45, 7) is 0. The molecule has 52 heavy (non-hydrogen) atoms. The van der Waals surface area contributed by atoms with Gasteiger partial charge < -0.3 is 31.5 Å². The zero-order valence-corrected chi connectivity index (χ0v) is 32.6. The zero-order chi connectivity index (χ0) is 34.5. The van der Waals surface area contributed by atoms with Crippen molar-refractivity contribution in [2.75, 3.05) is 0 Å². The Morgan fingerprint density at radius 3 is 0.712 bits per heavy atom. The van der Waals surface area contributed by atoms with Crippen molar-refractivity contribution in [3.63, 3.8) is 0 Å². The number of hydrogen-bond donors (Lipinski definition) is 6. The summed E-state index contributed by atoms with van der Waals surface area (Å²) in [5.41, 5.74) is 0. The minimum absolute atomic E-state index is 0.161. The van der Waals surface area contributed by atoms with E-state index < -0.39 is 0 Å². The molecule has 6 N–H and O–H groups in total. The molecule has 0 amide bonds. The van der Waals surface area contributed by atoms with Crippen LogP contribution in [0.15, 0.2) is 0 Å². The third kappa shape index (κ3) is 5.72. The molecule has 12 bridgehead atoms. The first-order valence-corrected chi connectivity index (χ1v) is 24.0. The van der Waals surface area contributed by atoms with E-state index in [1.807, 2.05) is 0 Å². The van der Waals surface area contributed by atoms with E-state index in [2.05, 4.69) is 21.3 Å². The van der Waals surface area contributed by atoms with Crippen LogP contribution in [0.5, 0.6) is 0 Å². The summed E-state index contributed by atoms with van der Waals surface area (Å²) in [5, 5.41) is 43.1. The van der Waals surface area contributed by atoms with Crippen LogP contribution in [0, 0.1) is 71.0 Å². The van der Waals surface area contributed by atoms with Crippen LogP contribution in [0.4, 0.5) is 0 Å². The number of rotatable bonds is 0. The van der Waals surface area contributed by atoms with Crippen LogP contribution >= 0.6 is 0 Å². The molecule has 6 aliphatic carbocycles. The smallest absolute Gasteiger partial charge is 0.0626 e. The molecule has 11 aliphatic rings. The lowest BCUT2D eigenvalue weighted by molar-refractivity contribution is -0.0274. The molecule has 5 saturated heterocycles. The van der Waals surface area contributed by atoms with Crippen molar-refractivity contribution in [3.8, 4) is 0 Å². The quantitative estimate of drug-likeness (QED) is 0.163. The SMILES string of the molecule is OC1C2CCCC1C1NC(CC3NC(C4CCCC(C4O)C4NC(CC5NC2C2CCCCC52)C2CCCCC24)C2CCCCC32)C2CCCCC21. The molecule has 11 rings (SSSR count). The monoisotopic (exact) mass is 717 g/mol. The first-order chi connectivity index (χ1) is 25.6. The van der Waals surface area contributed by atoms with Crippen LogP contribution in [0.2, 0.25) is 0 Å². The van der Waals surface area contributed by atoms with E-state index in [0.29, 0.717) is 72.0 Å². The highest BCUT2D eigenvalue weighted by Crippen LogP contribution is 2.54. The Balaban J connectivity index is 0.961. The van der Waals surface area contributed by atoms with Gasteiger partial charge in [-0.3, -0.25) is 0 Å². The maximum atomic E-state index is 12.7. The fourth-order valence-electron chi connectivity index (χ4n) is 17.9. The van der Waals surface area contributed by atoms with E-state index >= 15 is 0 Å². The highest BCUT2D eigenvalue weighted by molar-refractivity contribution is 5.14. The molecule has 6 heteroatoms. The average Bonchev–Trinajstić information content (AvgIpc) is 3.94. The molecule has 5 heterocycles. The number of aliphatic hydroxyl groups excluding tert-OH is 2. The lowest BCUT2D eigenvalue weighted by atomic mass is 9.63. The Morgan fingerprint density at radius 2 is 0.462 bits per heavy atom. The first-order valence-electron chi connectivity index (χ1n) is 24.0. The second-order valence-corrected chi connectivity index (χ2v) is 21.6. The molecular formula is C46H76N4O2. The standard InChI is InChI=1S/C46H76N4O2/c51-45-33-19-9-20-34(45)43-31-17-7-3-13-27(31)39(49-43)24-40-28-14-4-8-18-32(28)44(50-40)36-22-10-21-35(46(36)52)42-30-16-6-2-12-26(30)38(48-42)23-37-25-11-1-5-15-29(25)41(33)47-37/h25-52H,1-24H2. The first kappa shape index (κ1) is 35.0. The lowest BCUT2D eigenvalue weighted by Crippen LogP contribution is -2.54. The van der Waals surface area contributed by atoms with Crippen molar-refractivity contribution in [2.45, 2.75) is 215 Å². The fourth-order valence-corrected chi connectivity index (χ4v) is 17.9. The van der Waals surface area contributed by atoms with Crippen LogP contribution in [0.1, 0.15) is 154 Å². The third-order valence-corrected chi connectivity index (χ3v) is 19.8. The number of aliphatic hydroxyl groups is 2. The average molecular weight is 717 g/mol. The Morgan fingerprint density at radius 1 is 0.250 bits per heavy atom. The van der Waals surface area contributed by atoms with E-state index in [9.17, 15) is 10.2 Å². The van der Waals surface area contributed by atoms with Gasteiger partial charge in [-0.2, -0.15) is 0 Å². The van der Waals surface area contributed by atoms with Gasteiger partial charge in [0.15, 0.2) is 0 Å². The molecule has 20 atom stereocenters. The highest BCUT2D eigenvalue weighted by Gasteiger charge is 2.58. The number of fused-ring (bicyclic) bond motifs is 28. The Bertz CT molecular complexity index is 1080. The van der Waals surface area contributed by atoms with Gasteiger partial charge in [-0.15, -0.1) is 0 Å². The third-order valence-electron chi connectivity index (χ3n) is 19.8. The fraction of sp³-hybridized carbons (Fsp3) is 1.00. The molecular weight excluding hydrogens is 641 g/mol. The second kappa shape index (κ2) is 14.3. The summed E-state index contributed by atoms with van der Waals surface area (Å²) < 4.78 is 0. The maximum Gasteiger partial charge on any atom is 0.0626 e. The van der Waals surface area contributed by atoms with E-state index in [1.165, 1.54) is 154 Å². The van der Waals surface area contributed by atoms with Gasteiger partial charge in [0.1, 0.15) is 0 Å². The number of hydrogen-bond acceptors (Lipinski definition) is 6. The van der Waals surface area contributed by atoms with Crippen LogP contribution in [-0.4, -0.2) is 70.8 Å². The van der Waals surface area contributed by atoms with Crippen molar-refractivity contribution in [1.29, 1.82) is 0 Å². The summed E-state index contributed by atoms with van der Waals surface area (Å²) in [5.74, 6) is 7.84. The summed E-state index contributed by atoms with van der Waals surface area (Å²) in [4.78, 5) is 0. The van der Waals surface area contributed by atoms with Crippen molar-refractivity contribution in [2.24, 2.45) is 71.0 Å². The Labute approximate surface area is 316 Å². The molecule has 0 aromatic rings. The van der Waals surface area contributed by atoms with E-state index in [1.54, 1.807) is 0 Å². The van der Waals surface area contributed by atoms with Crippen LogP contribution in [0.25, 0.3) is 0 Å². The summed E-state index contributed by atoms with van der Waals surface area (Å²) in [6.07, 6.45) is 32.0.